The highest BCUT2D eigenvalue weighted by Crippen LogP contribution is 2.51. The first-order valence-corrected chi connectivity index (χ1v) is 6.57. The van der Waals surface area contributed by atoms with Crippen molar-refractivity contribution in [1.29, 1.82) is 0 Å². The molecule has 3 heteroatoms. The summed E-state index contributed by atoms with van der Waals surface area (Å²) in [5.41, 5.74) is 1.48. The molecule has 16 heavy (non-hydrogen) atoms. The molecule has 2 heterocycles. The van der Waals surface area contributed by atoms with Crippen LogP contribution in [-0.4, -0.2) is 25.1 Å². The quantitative estimate of drug-likeness (QED) is 0.747. The molecule has 3 rings (SSSR count). The Morgan fingerprint density at radius 3 is 2.88 bits per heavy atom. The highest BCUT2D eigenvalue weighted by Gasteiger charge is 2.39. The number of rotatable bonds is 1. The molecule has 2 nitrogen and oxygen atoms in total. The standard InChI is InChI=1S/C13H16O2S/c1-14-11-3-2-10-9-13(16-12(10)8-11)4-6-15-7-5-13/h2-3,8H,4-7,9H2,1H3. The van der Waals surface area contributed by atoms with E-state index in [2.05, 4.69) is 18.2 Å². The Kier molecular flexibility index (Phi) is 2.60. The molecule has 0 amide bonds. The first-order valence-electron chi connectivity index (χ1n) is 5.75. The van der Waals surface area contributed by atoms with E-state index in [1.54, 1.807) is 7.11 Å². The fourth-order valence-electron chi connectivity index (χ4n) is 2.54. The van der Waals surface area contributed by atoms with Crippen LogP contribution in [0.25, 0.3) is 0 Å². The maximum Gasteiger partial charge on any atom is 0.119 e. The summed E-state index contributed by atoms with van der Waals surface area (Å²) in [5.74, 6) is 0.968. The van der Waals surface area contributed by atoms with Gasteiger partial charge in [0.2, 0.25) is 0 Å². The van der Waals surface area contributed by atoms with Crippen LogP contribution >= 0.6 is 11.8 Å². The van der Waals surface area contributed by atoms with E-state index >= 15 is 0 Å². The molecule has 1 spiro atoms. The fraction of sp³-hybridized carbons (Fsp3) is 0.538. The third kappa shape index (κ3) is 1.72. The molecule has 1 saturated heterocycles. The van der Waals surface area contributed by atoms with Crippen LogP contribution in [0.4, 0.5) is 0 Å². The van der Waals surface area contributed by atoms with E-state index in [1.165, 1.54) is 29.7 Å². The number of benzene rings is 1. The molecular weight excluding hydrogens is 220 g/mol. The van der Waals surface area contributed by atoms with Gasteiger partial charge in [-0.2, -0.15) is 0 Å². The molecule has 0 aliphatic carbocycles. The predicted octanol–water partition coefficient (Wildman–Crippen LogP) is 2.89. The van der Waals surface area contributed by atoms with Crippen LogP contribution in [0.3, 0.4) is 0 Å². The molecule has 0 saturated carbocycles. The number of fused-ring (bicyclic) bond motifs is 1. The summed E-state index contributed by atoms with van der Waals surface area (Å²) in [4.78, 5) is 1.40. The van der Waals surface area contributed by atoms with Crippen molar-refractivity contribution in [1.82, 2.24) is 0 Å². The summed E-state index contributed by atoms with van der Waals surface area (Å²) >= 11 is 2.03. The van der Waals surface area contributed by atoms with Crippen molar-refractivity contribution in [3.8, 4) is 5.75 Å². The minimum Gasteiger partial charge on any atom is -0.497 e. The smallest absolute Gasteiger partial charge is 0.119 e. The van der Waals surface area contributed by atoms with Crippen LogP contribution in [0.1, 0.15) is 18.4 Å². The molecular formula is C13H16O2S. The number of hydrogen-bond acceptors (Lipinski definition) is 3. The zero-order chi connectivity index (χ0) is 11.0. The first kappa shape index (κ1) is 10.5. The van der Waals surface area contributed by atoms with Gasteiger partial charge in [-0.05, 0) is 37.0 Å². The summed E-state index contributed by atoms with van der Waals surface area (Å²) in [6, 6.07) is 6.45. The Hall–Kier alpha value is -0.670. The molecule has 2 aliphatic heterocycles. The molecule has 0 atom stereocenters. The molecule has 1 aromatic rings. The molecule has 1 aromatic carbocycles. The van der Waals surface area contributed by atoms with Gasteiger partial charge in [0.05, 0.1) is 7.11 Å². The topological polar surface area (TPSA) is 18.5 Å². The van der Waals surface area contributed by atoms with E-state index in [9.17, 15) is 0 Å². The largest absolute Gasteiger partial charge is 0.497 e. The average Bonchev–Trinajstić information content (AvgIpc) is 2.66. The lowest BCUT2D eigenvalue weighted by atomic mass is 9.92. The lowest BCUT2D eigenvalue weighted by Crippen LogP contribution is -2.32. The van der Waals surface area contributed by atoms with E-state index in [-0.39, 0.29) is 0 Å². The van der Waals surface area contributed by atoms with Crippen molar-refractivity contribution in [3.63, 3.8) is 0 Å². The van der Waals surface area contributed by atoms with Crippen molar-refractivity contribution in [3.05, 3.63) is 23.8 Å². The van der Waals surface area contributed by atoms with Crippen molar-refractivity contribution in [2.24, 2.45) is 0 Å². The lowest BCUT2D eigenvalue weighted by Gasteiger charge is -2.32. The highest BCUT2D eigenvalue weighted by molar-refractivity contribution is 8.01. The summed E-state index contributed by atoms with van der Waals surface area (Å²) in [7, 11) is 1.73. The molecule has 2 aliphatic rings. The Morgan fingerprint density at radius 1 is 1.31 bits per heavy atom. The van der Waals surface area contributed by atoms with Crippen molar-refractivity contribution in [2.75, 3.05) is 20.3 Å². The van der Waals surface area contributed by atoms with Gasteiger partial charge < -0.3 is 9.47 Å². The highest BCUT2D eigenvalue weighted by atomic mass is 32.2. The minimum absolute atomic E-state index is 0.410. The third-order valence-electron chi connectivity index (χ3n) is 3.52. The van der Waals surface area contributed by atoms with E-state index in [1.807, 2.05) is 11.8 Å². The van der Waals surface area contributed by atoms with Gasteiger partial charge in [-0.15, -0.1) is 11.8 Å². The van der Waals surface area contributed by atoms with E-state index in [4.69, 9.17) is 9.47 Å². The van der Waals surface area contributed by atoms with Gasteiger partial charge in [0.25, 0.3) is 0 Å². The summed E-state index contributed by atoms with van der Waals surface area (Å²) in [5, 5.41) is 0. The Morgan fingerprint density at radius 2 is 2.12 bits per heavy atom. The predicted molar refractivity (Wildman–Crippen MR) is 65.3 cm³/mol. The van der Waals surface area contributed by atoms with Crippen LogP contribution < -0.4 is 4.74 Å². The average molecular weight is 236 g/mol. The Labute approximate surface area is 100 Å². The van der Waals surface area contributed by atoms with Crippen LogP contribution in [0.15, 0.2) is 23.1 Å². The van der Waals surface area contributed by atoms with Crippen LogP contribution in [0.5, 0.6) is 5.75 Å². The molecule has 1 fully saturated rings. The minimum atomic E-state index is 0.410. The SMILES string of the molecule is COc1ccc2c(c1)SC1(CCOCC1)C2. The van der Waals surface area contributed by atoms with Gasteiger partial charge in [0, 0.05) is 22.9 Å². The number of thioether (sulfide) groups is 1. The zero-order valence-corrected chi connectivity index (χ0v) is 10.3. The van der Waals surface area contributed by atoms with E-state index in [0.29, 0.717) is 4.75 Å². The summed E-state index contributed by atoms with van der Waals surface area (Å²) in [6.07, 6.45) is 3.55. The van der Waals surface area contributed by atoms with Crippen LogP contribution in [0, 0.1) is 0 Å². The second kappa shape index (κ2) is 3.97. The van der Waals surface area contributed by atoms with E-state index in [0.717, 1.165) is 19.0 Å². The third-order valence-corrected chi connectivity index (χ3v) is 5.10. The van der Waals surface area contributed by atoms with Gasteiger partial charge in [-0.3, -0.25) is 0 Å². The van der Waals surface area contributed by atoms with Crippen molar-refractivity contribution >= 4 is 11.8 Å². The van der Waals surface area contributed by atoms with Gasteiger partial charge in [0.1, 0.15) is 5.75 Å². The van der Waals surface area contributed by atoms with Crippen molar-refractivity contribution < 1.29 is 9.47 Å². The number of methoxy groups -OCH3 is 1. The second-order valence-electron chi connectivity index (χ2n) is 4.55. The molecule has 0 N–H and O–H groups in total. The molecule has 0 aromatic heterocycles. The van der Waals surface area contributed by atoms with Gasteiger partial charge in [0.15, 0.2) is 0 Å². The molecule has 0 unspecified atom stereocenters. The Balaban J connectivity index is 1.87. The first-order chi connectivity index (χ1) is 7.81. The lowest BCUT2D eigenvalue weighted by molar-refractivity contribution is 0.0782. The van der Waals surface area contributed by atoms with Gasteiger partial charge >= 0.3 is 0 Å². The molecule has 0 bridgehead atoms. The molecule has 0 radical (unpaired) electrons. The molecule has 86 valence electrons. The summed E-state index contributed by atoms with van der Waals surface area (Å²) in [6.45, 7) is 1.83. The van der Waals surface area contributed by atoms with Gasteiger partial charge in [-0.1, -0.05) is 6.07 Å². The van der Waals surface area contributed by atoms with Gasteiger partial charge in [-0.25, -0.2) is 0 Å². The van der Waals surface area contributed by atoms with Crippen LogP contribution in [-0.2, 0) is 11.2 Å². The number of hydrogen-bond donors (Lipinski definition) is 0. The van der Waals surface area contributed by atoms with Crippen LogP contribution in [0.2, 0.25) is 0 Å². The fourth-order valence-corrected chi connectivity index (χ4v) is 4.05. The Bertz CT molecular complexity index is 397. The number of ether oxygens (including phenoxy) is 2. The monoisotopic (exact) mass is 236 g/mol. The maximum absolute atomic E-state index is 5.46. The second-order valence-corrected chi connectivity index (χ2v) is 6.06. The normalized spacial score (nSPS) is 22.1. The van der Waals surface area contributed by atoms with Crippen molar-refractivity contribution in [2.45, 2.75) is 28.9 Å². The maximum atomic E-state index is 5.46. The summed E-state index contributed by atoms with van der Waals surface area (Å²) < 4.78 is 11.1. The van der Waals surface area contributed by atoms with E-state index < -0.39 is 0 Å². The zero-order valence-electron chi connectivity index (χ0n) is 9.49.